The Morgan fingerprint density at radius 1 is 1.14 bits per heavy atom. The van der Waals surface area contributed by atoms with Crippen molar-refractivity contribution >= 4 is 11.8 Å². The molecule has 0 spiro atoms. The minimum Gasteiger partial charge on any atom is -0.481 e. The van der Waals surface area contributed by atoms with Gasteiger partial charge in [0.25, 0.3) is 0 Å². The first kappa shape index (κ1) is 14.9. The Labute approximate surface area is 123 Å². The van der Waals surface area contributed by atoms with E-state index in [0.717, 1.165) is 16.8 Å². The summed E-state index contributed by atoms with van der Waals surface area (Å²) in [4.78, 5) is 26.8. The number of Topliss-reactive ketones (excluding diaryl/α,β-unsaturated/α-hetero) is 1. The third kappa shape index (κ3) is 3.75. The van der Waals surface area contributed by atoms with Crippen LogP contribution >= 0.6 is 0 Å². The van der Waals surface area contributed by atoms with E-state index >= 15 is 0 Å². The topological polar surface area (TPSA) is 67.3 Å². The Kier molecular flexibility index (Phi) is 4.48. The Balaban J connectivity index is 2.28. The summed E-state index contributed by atoms with van der Waals surface area (Å²) in [7, 11) is 0. The number of carbonyl (C=O) groups excluding carboxylic acids is 1. The summed E-state index contributed by atoms with van der Waals surface area (Å²) < 4.78 is 0. The number of aliphatic carboxylic acids is 1. The molecule has 0 amide bonds. The van der Waals surface area contributed by atoms with Crippen LogP contribution in [0.1, 0.15) is 42.2 Å². The van der Waals surface area contributed by atoms with Gasteiger partial charge in [-0.1, -0.05) is 38.1 Å². The zero-order valence-corrected chi connectivity index (χ0v) is 12.0. The molecule has 0 aliphatic rings. The zero-order chi connectivity index (χ0) is 15.4. The molecule has 2 rings (SSSR count). The third-order valence-corrected chi connectivity index (χ3v) is 3.21. The maximum Gasteiger partial charge on any atom is 0.311 e. The molecule has 21 heavy (non-hydrogen) atoms. The SMILES string of the molecule is CC(C)c1ccc(-c2cccc(C(=O)CC(=O)O)c2)cn1. The lowest BCUT2D eigenvalue weighted by molar-refractivity contribution is -0.135. The lowest BCUT2D eigenvalue weighted by Gasteiger charge is -2.07. The van der Waals surface area contributed by atoms with Gasteiger partial charge >= 0.3 is 5.97 Å². The smallest absolute Gasteiger partial charge is 0.311 e. The van der Waals surface area contributed by atoms with Gasteiger partial charge in [0, 0.05) is 23.0 Å². The maximum atomic E-state index is 11.8. The molecule has 1 N–H and O–H groups in total. The van der Waals surface area contributed by atoms with E-state index in [1.807, 2.05) is 18.2 Å². The highest BCUT2D eigenvalue weighted by atomic mass is 16.4. The summed E-state index contributed by atoms with van der Waals surface area (Å²) in [5, 5.41) is 8.68. The minimum atomic E-state index is -1.12. The molecule has 2 aromatic rings. The van der Waals surface area contributed by atoms with Gasteiger partial charge in [0.2, 0.25) is 0 Å². The van der Waals surface area contributed by atoms with Crippen molar-refractivity contribution in [2.45, 2.75) is 26.2 Å². The van der Waals surface area contributed by atoms with Gasteiger partial charge in [0.05, 0.1) is 0 Å². The maximum absolute atomic E-state index is 11.8. The zero-order valence-electron chi connectivity index (χ0n) is 12.0. The van der Waals surface area contributed by atoms with Crippen LogP contribution in [0, 0.1) is 0 Å². The molecule has 0 saturated heterocycles. The first-order valence-corrected chi connectivity index (χ1v) is 6.78. The largest absolute Gasteiger partial charge is 0.481 e. The van der Waals surface area contributed by atoms with Crippen LogP contribution in [0.25, 0.3) is 11.1 Å². The normalized spacial score (nSPS) is 10.6. The first-order chi connectivity index (χ1) is 9.97. The molecule has 1 aromatic heterocycles. The molecule has 0 aliphatic heterocycles. The number of benzene rings is 1. The van der Waals surface area contributed by atoms with Crippen LogP contribution in [-0.4, -0.2) is 21.8 Å². The van der Waals surface area contributed by atoms with E-state index in [9.17, 15) is 9.59 Å². The third-order valence-electron chi connectivity index (χ3n) is 3.21. The van der Waals surface area contributed by atoms with Gasteiger partial charge in [-0.05, 0) is 23.6 Å². The fourth-order valence-electron chi connectivity index (χ4n) is 2.03. The number of carboxylic acid groups (broad SMARTS) is 1. The first-order valence-electron chi connectivity index (χ1n) is 6.78. The summed E-state index contributed by atoms with van der Waals surface area (Å²) in [5.74, 6) is -1.15. The second-order valence-electron chi connectivity index (χ2n) is 5.20. The van der Waals surface area contributed by atoms with Crippen LogP contribution in [0.5, 0.6) is 0 Å². The molecule has 0 bridgehead atoms. The number of carbonyl (C=O) groups is 2. The number of hydrogen-bond donors (Lipinski definition) is 1. The van der Waals surface area contributed by atoms with Crippen LogP contribution in [-0.2, 0) is 4.79 Å². The highest BCUT2D eigenvalue weighted by molar-refractivity contribution is 6.06. The summed E-state index contributed by atoms with van der Waals surface area (Å²) in [6.07, 6.45) is 1.28. The summed E-state index contributed by atoms with van der Waals surface area (Å²) in [5.41, 5.74) is 3.18. The standard InChI is InChI=1S/C17H17NO3/c1-11(2)15-7-6-14(10-18-15)12-4-3-5-13(8-12)16(19)9-17(20)21/h3-8,10-11H,9H2,1-2H3,(H,20,21). The molecule has 0 fully saturated rings. The van der Waals surface area contributed by atoms with E-state index in [0.29, 0.717) is 11.5 Å². The monoisotopic (exact) mass is 283 g/mol. The van der Waals surface area contributed by atoms with Crippen LogP contribution in [0.2, 0.25) is 0 Å². The highest BCUT2D eigenvalue weighted by Crippen LogP contribution is 2.22. The van der Waals surface area contributed by atoms with Gasteiger partial charge in [-0.2, -0.15) is 0 Å². The van der Waals surface area contributed by atoms with E-state index in [4.69, 9.17) is 5.11 Å². The van der Waals surface area contributed by atoms with E-state index in [-0.39, 0.29) is 0 Å². The molecule has 0 radical (unpaired) electrons. The van der Waals surface area contributed by atoms with E-state index in [2.05, 4.69) is 18.8 Å². The van der Waals surface area contributed by atoms with Crippen molar-refractivity contribution < 1.29 is 14.7 Å². The van der Waals surface area contributed by atoms with E-state index < -0.39 is 18.2 Å². The second kappa shape index (κ2) is 6.31. The molecule has 1 aromatic carbocycles. The van der Waals surface area contributed by atoms with Crippen molar-refractivity contribution in [2.75, 3.05) is 0 Å². The number of aromatic nitrogens is 1. The minimum absolute atomic E-state index is 0.363. The van der Waals surface area contributed by atoms with Crippen molar-refractivity contribution in [3.8, 4) is 11.1 Å². The Morgan fingerprint density at radius 3 is 2.48 bits per heavy atom. The molecular weight excluding hydrogens is 266 g/mol. The van der Waals surface area contributed by atoms with Gasteiger partial charge in [-0.3, -0.25) is 14.6 Å². The number of pyridine rings is 1. The number of carboxylic acids is 1. The fourth-order valence-corrected chi connectivity index (χ4v) is 2.03. The molecule has 4 nitrogen and oxygen atoms in total. The number of ketones is 1. The van der Waals surface area contributed by atoms with Crippen LogP contribution in [0.15, 0.2) is 42.6 Å². The van der Waals surface area contributed by atoms with Crippen molar-refractivity contribution in [3.05, 3.63) is 53.9 Å². The molecule has 0 saturated carbocycles. The average Bonchev–Trinajstić information content (AvgIpc) is 2.47. The lowest BCUT2D eigenvalue weighted by Crippen LogP contribution is -2.06. The van der Waals surface area contributed by atoms with E-state index in [1.54, 1.807) is 24.4 Å². The molecule has 0 aliphatic carbocycles. The predicted molar refractivity (Wildman–Crippen MR) is 80.3 cm³/mol. The molecule has 1 heterocycles. The highest BCUT2D eigenvalue weighted by Gasteiger charge is 2.11. The number of rotatable bonds is 5. The predicted octanol–water partition coefficient (Wildman–Crippen LogP) is 3.53. The lowest BCUT2D eigenvalue weighted by atomic mass is 10.0. The van der Waals surface area contributed by atoms with Crippen LogP contribution < -0.4 is 0 Å². The summed E-state index contributed by atoms with van der Waals surface area (Å²) >= 11 is 0. The quantitative estimate of drug-likeness (QED) is 0.673. The van der Waals surface area contributed by atoms with Gasteiger partial charge in [-0.25, -0.2) is 0 Å². The van der Waals surface area contributed by atoms with Crippen LogP contribution in [0.3, 0.4) is 0 Å². The van der Waals surface area contributed by atoms with Gasteiger partial charge in [0.15, 0.2) is 5.78 Å². The number of nitrogens with zero attached hydrogens (tertiary/aromatic N) is 1. The molecular formula is C17H17NO3. The van der Waals surface area contributed by atoms with Crippen molar-refractivity contribution in [2.24, 2.45) is 0 Å². The number of hydrogen-bond acceptors (Lipinski definition) is 3. The van der Waals surface area contributed by atoms with Gasteiger partial charge in [-0.15, -0.1) is 0 Å². The average molecular weight is 283 g/mol. The Morgan fingerprint density at radius 2 is 1.90 bits per heavy atom. The second-order valence-corrected chi connectivity index (χ2v) is 5.20. The summed E-state index contributed by atoms with van der Waals surface area (Å²) in [6, 6.07) is 10.9. The Bertz CT molecular complexity index is 660. The van der Waals surface area contributed by atoms with Crippen molar-refractivity contribution in [1.82, 2.24) is 4.98 Å². The molecule has 108 valence electrons. The summed E-state index contributed by atoms with van der Waals surface area (Å²) in [6.45, 7) is 4.15. The van der Waals surface area contributed by atoms with E-state index in [1.165, 1.54) is 0 Å². The van der Waals surface area contributed by atoms with Crippen molar-refractivity contribution in [1.29, 1.82) is 0 Å². The fraction of sp³-hybridized carbons (Fsp3) is 0.235. The Hall–Kier alpha value is -2.49. The molecule has 0 unspecified atom stereocenters. The molecule has 0 atom stereocenters. The van der Waals surface area contributed by atoms with Crippen LogP contribution in [0.4, 0.5) is 0 Å². The van der Waals surface area contributed by atoms with Crippen molar-refractivity contribution in [3.63, 3.8) is 0 Å². The molecule has 4 heteroatoms. The van der Waals surface area contributed by atoms with Gasteiger partial charge in [0.1, 0.15) is 6.42 Å². The van der Waals surface area contributed by atoms with Gasteiger partial charge < -0.3 is 5.11 Å².